The van der Waals surface area contributed by atoms with Crippen LogP contribution in [0.1, 0.15) is 75.2 Å². The lowest BCUT2D eigenvalue weighted by Crippen LogP contribution is -2.73. The Kier molecular flexibility index (Phi) is 7.90. The van der Waals surface area contributed by atoms with Crippen LogP contribution in [0.2, 0.25) is 0 Å². The monoisotopic (exact) mass is 515 g/mol. The highest BCUT2D eigenvalue weighted by Crippen LogP contribution is 2.36. The zero-order chi connectivity index (χ0) is 26.7. The fraction of sp³-hybridized carbons (Fsp3) is 0.581. The van der Waals surface area contributed by atoms with Crippen LogP contribution in [0.15, 0.2) is 30.3 Å². The van der Waals surface area contributed by atoms with E-state index >= 15 is 0 Å². The SMILES string of the molecule is CC#CCN1C(=O)[C@H](CC2CCCCC2)NC(=O)C12CCN(Cc1c(C)nn(-c3ccccc3)c1C)CC2. The molecular formula is C31H41N5O2. The Morgan fingerprint density at radius 3 is 2.45 bits per heavy atom. The highest BCUT2D eigenvalue weighted by atomic mass is 16.2. The molecule has 1 N–H and O–H groups in total. The van der Waals surface area contributed by atoms with Gasteiger partial charge in [0, 0.05) is 30.9 Å². The van der Waals surface area contributed by atoms with Gasteiger partial charge in [-0.2, -0.15) is 5.10 Å². The van der Waals surface area contributed by atoms with Crippen LogP contribution < -0.4 is 5.32 Å². The number of carbonyl (C=O) groups is 2. The number of para-hydroxylation sites is 1. The highest BCUT2D eigenvalue weighted by molar-refractivity contribution is 6.00. The molecule has 2 amide bonds. The third kappa shape index (κ3) is 5.11. The predicted molar refractivity (Wildman–Crippen MR) is 149 cm³/mol. The van der Waals surface area contributed by atoms with Gasteiger partial charge in [-0.3, -0.25) is 14.5 Å². The minimum Gasteiger partial charge on any atom is -0.342 e. The first-order chi connectivity index (χ1) is 18.4. The number of nitrogens with one attached hydrogen (secondary N) is 1. The molecule has 202 valence electrons. The van der Waals surface area contributed by atoms with Crippen molar-refractivity contribution in [2.24, 2.45) is 5.92 Å². The zero-order valence-electron chi connectivity index (χ0n) is 23.1. The number of hydrogen-bond acceptors (Lipinski definition) is 4. The van der Waals surface area contributed by atoms with Crippen LogP contribution in [-0.2, 0) is 16.1 Å². The molecule has 3 heterocycles. The molecule has 1 aromatic carbocycles. The summed E-state index contributed by atoms with van der Waals surface area (Å²) in [6.45, 7) is 8.60. The fourth-order valence-electron chi connectivity index (χ4n) is 6.71. The number of piperazine rings is 1. The Bertz CT molecular complexity index is 1210. The van der Waals surface area contributed by atoms with E-state index in [1.54, 1.807) is 6.92 Å². The molecule has 2 aromatic rings. The number of benzene rings is 1. The Hall–Kier alpha value is -3.11. The van der Waals surface area contributed by atoms with Crippen molar-refractivity contribution in [1.29, 1.82) is 0 Å². The number of amides is 2. The summed E-state index contributed by atoms with van der Waals surface area (Å²) >= 11 is 0. The number of nitrogens with zero attached hydrogens (tertiary/aromatic N) is 4. The van der Waals surface area contributed by atoms with Crippen molar-refractivity contribution in [3.05, 3.63) is 47.3 Å². The second kappa shape index (κ2) is 11.3. The van der Waals surface area contributed by atoms with Crippen LogP contribution in [0.5, 0.6) is 0 Å². The van der Waals surface area contributed by atoms with Gasteiger partial charge in [-0.25, -0.2) is 4.68 Å². The number of hydrogen-bond donors (Lipinski definition) is 1. The summed E-state index contributed by atoms with van der Waals surface area (Å²) in [5.41, 5.74) is 3.66. The second-order valence-corrected chi connectivity index (χ2v) is 11.3. The standard InChI is InChI=1S/C31H41N5O2/c1-4-5-18-35-29(37)28(21-25-12-8-6-9-13-25)32-30(38)31(35)16-19-34(20-17-31)22-27-23(2)33-36(24(27)3)26-14-10-7-11-15-26/h7,10-11,14-15,25,28H,6,8-9,12-13,16-22H2,1-3H3,(H,32,38)/t28-/m0/s1. The van der Waals surface area contributed by atoms with E-state index in [4.69, 9.17) is 5.10 Å². The lowest BCUT2D eigenvalue weighted by atomic mass is 9.79. The molecule has 7 nitrogen and oxygen atoms in total. The van der Waals surface area contributed by atoms with Crippen LogP contribution in [0, 0.1) is 31.6 Å². The van der Waals surface area contributed by atoms with Gasteiger partial charge in [-0.15, -0.1) is 5.92 Å². The van der Waals surface area contributed by atoms with E-state index in [0.717, 1.165) is 56.0 Å². The molecular weight excluding hydrogens is 474 g/mol. The first kappa shape index (κ1) is 26.5. The summed E-state index contributed by atoms with van der Waals surface area (Å²) in [7, 11) is 0. The average molecular weight is 516 g/mol. The molecule has 2 aliphatic heterocycles. The smallest absolute Gasteiger partial charge is 0.246 e. The van der Waals surface area contributed by atoms with Gasteiger partial charge in [0.2, 0.25) is 11.8 Å². The van der Waals surface area contributed by atoms with Gasteiger partial charge >= 0.3 is 0 Å². The van der Waals surface area contributed by atoms with Crippen molar-refractivity contribution < 1.29 is 9.59 Å². The third-order valence-electron chi connectivity index (χ3n) is 9.02. The number of likely N-dealkylation sites (tertiary alicyclic amines) is 1. The molecule has 2 saturated heterocycles. The zero-order valence-corrected chi connectivity index (χ0v) is 23.1. The first-order valence-corrected chi connectivity index (χ1v) is 14.3. The van der Waals surface area contributed by atoms with Crippen molar-refractivity contribution in [2.45, 2.75) is 90.3 Å². The Labute approximate surface area is 226 Å². The predicted octanol–water partition coefficient (Wildman–Crippen LogP) is 4.14. The summed E-state index contributed by atoms with van der Waals surface area (Å²) < 4.78 is 2.01. The van der Waals surface area contributed by atoms with Crippen molar-refractivity contribution in [3.8, 4) is 17.5 Å². The van der Waals surface area contributed by atoms with Gasteiger partial charge < -0.3 is 10.2 Å². The van der Waals surface area contributed by atoms with E-state index in [9.17, 15) is 9.59 Å². The van der Waals surface area contributed by atoms with Gasteiger partial charge in [-0.05, 0) is 58.1 Å². The quantitative estimate of drug-likeness (QED) is 0.587. The fourth-order valence-corrected chi connectivity index (χ4v) is 6.71. The van der Waals surface area contributed by atoms with Crippen molar-refractivity contribution in [2.75, 3.05) is 19.6 Å². The summed E-state index contributed by atoms with van der Waals surface area (Å²) in [4.78, 5) is 31.7. The molecule has 3 fully saturated rings. The molecule has 3 aliphatic rings. The van der Waals surface area contributed by atoms with E-state index in [1.807, 2.05) is 27.8 Å². The lowest BCUT2D eigenvalue weighted by Gasteiger charge is -2.51. The number of aromatic nitrogens is 2. The van der Waals surface area contributed by atoms with Crippen LogP contribution in [0.4, 0.5) is 0 Å². The van der Waals surface area contributed by atoms with Gasteiger partial charge in [0.05, 0.1) is 17.9 Å². The topological polar surface area (TPSA) is 70.5 Å². The van der Waals surface area contributed by atoms with Crippen molar-refractivity contribution in [3.63, 3.8) is 0 Å². The Morgan fingerprint density at radius 2 is 1.76 bits per heavy atom. The van der Waals surface area contributed by atoms with E-state index in [1.165, 1.54) is 24.8 Å². The van der Waals surface area contributed by atoms with Gasteiger partial charge in [0.25, 0.3) is 0 Å². The molecule has 7 heteroatoms. The molecule has 1 atom stereocenters. The number of rotatable bonds is 6. The minimum atomic E-state index is -0.807. The summed E-state index contributed by atoms with van der Waals surface area (Å²) in [5.74, 6) is 6.64. The maximum atomic E-state index is 13.7. The van der Waals surface area contributed by atoms with E-state index < -0.39 is 11.6 Å². The second-order valence-electron chi connectivity index (χ2n) is 11.3. The molecule has 5 rings (SSSR count). The van der Waals surface area contributed by atoms with Crippen LogP contribution in [0.25, 0.3) is 5.69 Å². The van der Waals surface area contributed by atoms with Gasteiger partial charge in [-0.1, -0.05) is 56.2 Å². The number of piperidine rings is 1. The first-order valence-electron chi connectivity index (χ1n) is 14.3. The Balaban J connectivity index is 1.29. The van der Waals surface area contributed by atoms with Gasteiger partial charge in [0.1, 0.15) is 11.6 Å². The van der Waals surface area contributed by atoms with Crippen LogP contribution >= 0.6 is 0 Å². The lowest BCUT2D eigenvalue weighted by molar-refractivity contribution is -0.160. The van der Waals surface area contributed by atoms with Crippen molar-refractivity contribution in [1.82, 2.24) is 24.9 Å². The van der Waals surface area contributed by atoms with Gasteiger partial charge in [0.15, 0.2) is 0 Å². The molecule has 1 saturated carbocycles. The van der Waals surface area contributed by atoms with Crippen LogP contribution in [-0.4, -0.2) is 62.6 Å². The van der Waals surface area contributed by atoms with E-state index in [-0.39, 0.29) is 11.8 Å². The molecule has 1 aromatic heterocycles. The normalized spacial score (nSPS) is 22.3. The summed E-state index contributed by atoms with van der Waals surface area (Å²) in [5, 5.41) is 7.99. The minimum absolute atomic E-state index is 0.0136. The molecule has 38 heavy (non-hydrogen) atoms. The van der Waals surface area contributed by atoms with E-state index in [0.29, 0.717) is 25.3 Å². The largest absolute Gasteiger partial charge is 0.342 e. The summed E-state index contributed by atoms with van der Waals surface area (Å²) in [6.07, 6.45) is 8.07. The average Bonchev–Trinajstić information content (AvgIpc) is 3.22. The molecule has 0 radical (unpaired) electrons. The van der Waals surface area contributed by atoms with Crippen LogP contribution in [0.3, 0.4) is 0 Å². The highest BCUT2D eigenvalue weighted by Gasteiger charge is 2.53. The number of carbonyl (C=O) groups excluding carboxylic acids is 2. The molecule has 0 unspecified atom stereocenters. The maximum Gasteiger partial charge on any atom is 0.246 e. The van der Waals surface area contributed by atoms with Crippen molar-refractivity contribution >= 4 is 11.8 Å². The Morgan fingerprint density at radius 1 is 1.05 bits per heavy atom. The summed E-state index contributed by atoms with van der Waals surface area (Å²) in [6, 6.07) is 9.80. The van der Waals surface area contributed by atoms with E-state index in [2.05, 4.69) is 48.0 Å². The third-order valence-corrected chi connectivity index (χ3v) is 9.02. The molecule has 1 aliphatic carbocycles. The number of aryl methyl sites for hydroxylation is 1. The maximum absolute atomic E-state index is 13.7. The molecule has 1 spiro atoms. The molecule has 0 bridgehead atoms.